The molecule has 1 fully saturated rings. The molecule has 4 rings (SSSR count). The minimum atomic E-state index is 0.152. The summed E-state index contributed by atoms with van der Waals surface area (Å²) in [4.78, 5) is 11.4. The topological polar surface area (TPSA) is 85.1 Å². The van der Waals surface area contributed by atoms with Crippen molar-refractivity contribution in [3.8, 4) is 6.07 Å². The number of hydrogen-bond acceptors (Lipinski definition) is 6. The average Bonchev–Trinajstić information content (AvgIpc) is 2.75. The largest absolute Gasteiger partial charge is 0.396 e. The minimum absolute atomic E-state index is 0.152. The number of pyridine rings is 2. The number of aliphatic hydroxyl groups is 1. The highest BCUT2D eigenvalue weighted by molar-refractivity contribution is 5.93. The number of fused-ring (bicyclic) bond motifs is 1. The molecule has 6 nitrogen and oxygen atoms in total. The maximum absolute atomic E-state index is 9.13. The predicted molar refractivity (Wildman–Crippen MR) is 111 cm³/mol. The number of nitrogens with zero attached hydrogens (tertiary/aromatic N) is 4. The summed E-state index contributed by atoms with van der Waals surface area (Å²) in [5, 5.41) is 23.6. The van der Waals surface area contributed by atoms with Crippen LogP contribution >= 0.6 is 0 Å². The Hall–Kier alpha value is -3.17. The van der Waals surface area contributed by atoms with E-state index in [4.69, 9.17) is 10.4 Å². The number of nitriles is 1. The summed E-state index contributed by atoms with van der Waals surface area (Å²) in [7, 11) is 0. The molecule has 3 aromatic rings. The Balaban J connectivity index is 1.58. The number of piperidine rings is 1. The van der Waals surface area contributed by atoms with Crippen LogP contribution in [0.15, 0.2) is 48.8 Å². The summed E-state index contributed by atoms with van der Waals surface area (Å²) in [6, 6.07) is 14.4. The van der Waals surface area contributed by atoms with Gasteiger partial charge in [0.2, 0.25) is 0 Å². The Labute approximate surface area is 164 Å². The van der Waals surface area contributed by atoms with Crippen LogP contribution in [0, 0.1) is 17.2 Å². The minimum Gasteiger partial charge on any atom is -0.396 e. The molecule has 1 saturated heterocycles. The Kier molecular flexibility index (Phi) is 5.36. The average molecular weight is 373 g/mol. The van der Waals surface area contributed by atoms with E-state index in [1.165, 1.54) is 0 Å². The first-order valence-corrected chi connectivity index (χ1v) is 9.63. The van der Waals surface area contributed by atoms with E-state index in [0.717, 1.165) is 59.6 Å². The molecule has 1 aromatic carbocycles. The van der Waals surface area contributed by atoms with Gasteiger partial charge in [0.25, 0.3) is 0 Å². The monoisotopic (exact) mass is 373 g/mol. The number of aromatic nitrogens is 2. The molecule has 2 aromatic heterocycles. The van der Waals surface area contributed by atoms with Gasteiger partial charge in [-0.2, -0.15) is 5.26 Å². The maximum Gasteiger partial charge on any atom is 0.136 e. The zero-order chi connectivity index (χ0) is 19.3. The number of hydrogen-bond donors (Lipinski definition) is 2. The van der Waals surface area contributed by atoms with Crippen LogP contribution in [0.2, 0.25) is 0 Å². The first-order chi connectivity index (χ1) is 13.8. The van der Waals surface area contributed by atoms with Crippen molar-refractivity contribution in [3.63, 3.8) is 0 Å². The molecular weight excluding hydrogens is 350 g/mol. The van der Waals surface area contributed by atoms with Crippen molar-refractivity contribution in [2.24, 2.45) is 5.92 Å². The first kappa shape index (κ1) is 18.2. The van der Waals surface area contributed by atoms with Gasteiger partial charge in [-0.3, -0.25) is 0 Å². The van der Waals surface area contributed by atoms with Crippen LogP contribution in [0.4, 0.5) is 17.3 Å². The molecule has 0 radical (unpaired) electrons. The van der Waals surface area contributed by atoms with Gasteiger partial charge in [0.05, 0.1) is 6.07 Å². The van der Waals surface area contributed by atoms with Crippen molar-refractivity contribution in [2.45, 2.75) is 19.3 Å². The molecule has 0 unspecified atom stereocenters. The van der Waals surface area contributed by atoms with E-state index in [0.29, 0.717) is 6.42 Å². The molecule has 6 heteroatoms. The van der Waals surface area contributed by atoms with Crippen LogP contribution in [0.25, 0.3) is 10.8 Å². The van der Waals surface area contributed by atoms with E-state index in [1.54, 1.807) is 0 Å². The highest BCUT2D eigenvalue weighted by Crippen LogP contribution is 2.30. The van der Waals surface area contributed by atoms with Crippen molar-refractivity contribution in [1.29, 1.82) is 5.26 Å². The Morgan fingerprint density at radius 3 is 2.64 bits per heavy atom. The second-order valence-electron chi connectivity index (χ2n) is 7.11. The molecule has 0 atom stereocenters. The quantitative estimate of drug-likeness (QED) is 0.710. The van der Waals surface area contributed by atoms with Gasteiger partial charge in [-0.15, -0.1) is 0 Å². The molecular formula is C22H23N5O. The van der Waals surface area contributed by atoms with Crippen LogP contribution in [0.5, 0.6) is 0 Å². The zero-order valence-electron chi connectivity index (χ0n) is 15.7. The second kappa shape index (κ2) is 8.24. The van der Waals surface area contributed by atoms with Crippen molar-refractivity contribution >= 4 is 28.1 Å². The Morgan fingerprint density at radius 2 is 1.93 bits per heavy atom. The van der Waals surface area contributed by atoms with Crippen LogP contribution in [-0.4, -0.2) is 34.8 Å². The fourth-order valence-electron chi connectivity index (χ4n) is 3.62. The van der Waals surface area contributed by atoms with Crippen molar-refractivity contribution in [2.75, 3.05) is 29.9 Å². The lowest BCUT2D eigenvalue weighted by Crippen LogP contribution is -2.33. The molecule has 0 aliphatic carbocycles. The van der Waals surface area contributed by atoms with E-state index < -0.39 is 0 Å². The third kappa shape index (κ3) is 3.90. The number of nitrogens with one attached hydrogen (secondary N) is 1. The van der Waals surface area contributed by atoms with Crippen molar-refractivity contribution < 1.29 is 5.11 Å². The van der Waals surface area contributed by atoms with E-state index >= 15 is 0 Å². The molecule has 142 valence electrons. The SMILES string of the molecule is N#CC1CCN(c2nccc3cnc(Nc4ccc(CCO)cc4)cc23)CC1. The van der Waals surface area contributed by atoms with Crippen LogP contribution in [0.3, 0.4) is 0 Å². The summed E-state index contributed by atoms with van der Waals surface area (Å²) in [5.41, 5.74) is 2.06. The van der Waals surface area contributed by atoms with Gasteiger partial charge in [-0.25, -0.2) is 9.97 Å². The highest BCUT2D eigenvalue weighted by Gasteiger charge is 2.21. The summed E-state index contributed by atoms with van der Waals surface area (Å²) < 4.78 is 0. The van der Waals surface area contributed by atoms with E-state index in [2.05, 4.69) is 26.3 Å². The Bertz CT molecular complexity index is 988. The number of rotatable bonds is 5. The van der Waals surface area contributed by atoms with Crippen LogP contribution < -0.4 is 10.2 Å². The molecule has 1 aliphatic heterocycles. The third-order valence-corrected chi connectivity index (χ3v) is 5.23. The fourth-order valence-corrected chi connectivity index (χ4v) is 3.62. The summed E-state index contributed by atoms with van der Waals surface area (Å²) in [6.07, 6.45) is 6.11. The molecule has 0 bridgehead atoms. The third-order valence-electron chi connectivity index (χ3n) is 5.23. The predicted octanol–water partition coefficient (Wildman–Crippen LogP) is 3.65. The lowest BCUT2D eigenvalue weighted by atomic mass is 9.98. The first-order valence-electron chi connectivity index (χ1n) is 9.63. The molecule has 0 saturated carbocycles. The molecule has 1 aliphatic rings. The van der Waals surface area contributed by atoms with Gasteiger partial charge < -0.3 is 15.3 Å². The smallest absolute Gasteiger partial charge is 0.136 e. The fraction of sp³-hybridized carbons (Fsp3) is 0.318. The lowest BCUT2D eigenvalue weighted by Gasteiger charge is -2.30. The molecule has 0 amide bonds. The number of aliphatic hydroxyl groups excluding tert-OH is 1. The normalized spacial score (nSPS) is 14.8. The van der Waals surface area contributed by atoms with E-state index in [9.17, 15) is 0 Å². The molecule has 2 N–H and O–H groups in total. The van der Waals surface area contributed by atoms with E-state index in [-0.39, 0.29) is 12.5 Å². The van der Waals surface area contributed by atoms with Crippen LogP contribution in [0.1, 0.15) is 18.4 Å². The Morgan fingerprint density at radius 1 is 1.14 bits per heavy atom. The zero-order valence-corrected chi connectivity index (χ0v) is 15.7. The van der Waals surface area contributed by atoms with Gasteiger partial charge in [0, 0.05) is 54.5 Å². The molecule has 0 spiro atoms. The highest BCUT2D eigenvalue weighted by atomic mass is 16.2. The van der Waals surface area contributed by atoms with Gasteiger partial charge in [-0.05, 0) is 49.1 Å². The summed E-state index contributed by atoms with van der Waals surface area (Å²) in [6.45, 7) is 1.85. The lowest BCUT2D eigenvalue weighted by molar-refractivity contribution is 0.299. The molecule has 28 heavy (non-hydrogen) atoms. The van der Waals surface area contributed by atoms with Crippen molar-refractivity contribution in [3.05, 3.63) is 54.4 Å². The summed E-state index contributed by atoms with van der Waals surface area (Å²) in [5.74, 6) is 1.88. The number of anilines is 3. The molecule has 3 heterocycles. The summed E-state index contributed by atoms with van der Waals surface area (Å²) >= 11 is 0. The van der Waals surface area contributed by atoms with Gasteiger partial charge in [0.1, 0.15) is 11.6 Å². The number of benzene rings is 1. The van der Waals surface area contributed by atoms with E-state index in [1.807, 2.05) is 48.8 Å². The standard InChI is InChI=1S/C22H23N5O/c23-14-17-6-10-27(11-7-17)22-20-13-21(25-15-18(20)5-9-24-22)26-19-3-1-16(2-4-19)8-12-28/h1-5,9,13,15,17,28H,6-8,10-12H2,(H,25,26). The second-order valence-corrected chi connectivity index (χ2v) is 7.11. The van der Waals surface area contributed by atoms with Gasteiger partial charge >= 0.3 is 0 Å². The van der Waals surface area contributed by atoms with Gasteiger partial charge in [-0.1, -0.05) is 12.1 Å². The van der Waals surface area contributed by atoms with Crippen LogP contribution in [-0.2, 0) is 6.42 Å². The maximum atomic E-state index is 9.13. The van der Waals surface area contributed by atoms with Gasteiger partial charge in [0.15, 0.2) is 0 Å². The van der Waals surface area contributed by atoms with Crippen molar-refractivity contribution in [1.82, 2.24) is 9.97 Å².